The number of nitrogen functional groups attached to an aromatic ring is 1. The fourth-order valence-corrected chi connectivity index (χ4v) is 1.46. The predicted molar refractivity (Wildman–Crippen MR) is 71.5 cm³/mol. The predicted octanol–water partition coefficient (Wildman–Crippen LogP) is 2.69. The van der Waals surface area contributed by atoms with E-state index in [1.165, 1.54) is 0 Å². The topological polar surface area (TPSA) is 83.2 Å². The van der Waals surface area contributed by atoms with Crippen molar-refractivity contribution in [2.45, 2.75) is 20.0 Å². The fourth-order valence-electron chi connectivity index (χ4n) is 1.29. The van der Waals surface area contributed by atoms with Gasteiger partial charge in [-0.1, -0.05) is 23.7 Å². The molecule has 1 heterocycles. The van der Waals surface area contributed by atoms with Crippen LogP contribution in [0.1, 0.15) is 13.8 Å². The number of anilines is 1. The van der Waals surface area contributed by atoms with Gasteiger partial charge in [-0.25, -0.2) is 0 Å². The third kappa shape index (κ3) is 3.69. The minimum absolute atomic E-state index is 0.0210. The molecule has 2 rings (SSSR count). The van der Waals surface area contributed by atoms with Crippen molar-refractivity contribution in [2.24, 2.45) is 0 Å². The van der Waals surface area contributed by atoms with Crippen LogP contribution in [0, 0.1) is 0 Å². The number of benzene rings is 1. The van der Waals surface area contributed by atoms with Crippen LogP contribution in [0.4, 0.5) is 5.95 Å². The zero-order chi connectivity index (χ0) is 13.8. The van der Waals surface area contributed by atoms with E-state index in [0.29, 0.717) is 10.8 Å². The zero-order valence-corrected chi connectivity index (χ0v) is 11.3. The molecule has 19 heavy (non-hydrogen) atoms. The molecule has 0 fully saturated rings. The number of halogens is 1. The average molecular weight is 281 g/mol. The number of ether oxygens (including phenoxy) is 2. The fraction of sp³-hybridized carbons (Fsp3) is 0.250. The molecule has 0 amide bonds. The second-order valence-corrected chi connectivity index (χ2v) is 4.37. The largest absolute Gasteiger partial charge is 0.461 e. The number of rotatable bonds is 4. The van der Waals surface area contributed by atoms with Gasteiger partial charge in [-0.05, 0) is 26.0 Å². The maximum Gasteiger partial charge on any atom is 0.330 e. The van der Waals surface area contributed by atoms with Crippen molar-refractivity contribution in [3.05, 3.63) is 29.3 Å². The van der Waals surface area contributed by atoms with Gasteiger partial charge in [0.2, 0.25) is 5.95 Å². The molecule has 0 aliphatic heterocycles. The van der Waals surface area contributed by atoms with E-state index in [0.717, 1.165) is 0 Å². The third-order valence-electron chi connectivity index (χ3n) is 1.99. The Morgan fingerprint density at radius 2 is 1.79 bits per heavy atom. The first-order valence-corrected chi connectivity index (χ1v) is 6.03. The normalized spacial score (nSPS) is 10.5. The van der Waals surface area contributed by atoms with Crippen molar-refractivity contribution in [3.63, 3.8) is 0 Å². The molecule has 0 saturated heterocycles. The Morgan fingerprint density at radius 3 is 2.47 bits per heavy atom. The van der Waals surface area contributed by atoms with Crippen LogP contribution in [0.15, 0.2) is 24.3 Å². The van der Waals surface area contributed by atoms with Crippen LogP contribution in [-0.2, 0) is 0 Å². The van der Waals surface area contributed by atoms with Crippen molar-refractivity contribution in [2.75, 3.05) is 5.73 Å². The lowest BCUT2D eigenvalue weighted by atomic mass is 10.3. The molecular weight excluding hydrogens is 268 g/mol. The van der Waals surface area contributed by atoms with Crippen molar-refractivity contribution in [1.82, 2.24) is 15.0 Å². The zero-order valence-electron chi connectivity index (χ0n) is 10.5. The van der Waals surface area contributed by atoms with Crippen LogP contribution < -0.4 is 15.2 Å². The summed E-state index contributed by atoms with van der Waals surface area (Å²) in [7, 11) is 0. The van der Waals surface area contributed by atoms with Crippen LogP contribution in [0.5, 0.6) is 17.8 Å². The highest BCUT2D eigenvalue weighted by Gasteiger charge is 2.10. The Kier molecular flexibility index (Phi) is 4.01. The third-order valence-corrected chi connectivity index (χ3v) is 2.30. The minimum Gasteiger partial charge on any atom is -0.461 e. The van der Waals surface area contributed by atoms with Crippen molar-refractivity contribution in [1.29, 1.82) is 0 Å². The van der Waals surface area contributed by atoms with Gasteiger partial charge in [-0.15, -0.1) is 4.98 Å². The summed E-state index contributed by atoms with van der Waals surface area (Å²) in [4.78, 5) is 11.7. The molecule has 0 saturated carbocycles. The molecule has 0 atom stereocenters. The maximum absolute atomic E-state index is 5.98. The van der Waals surface area contributed by atoms with Crippen molar-refractivity contribution < 1.29 is 9.47 Å². The molecule has 100 valence electrons. The summed E-state index contributed by atoms with van der Waals surface area (Å²) in [6.07, 6.45) is -0.0741. The molecule has 1 aromatic heterocycles. The first kappa shape index (κ1) is 13.4. The van der Waals surface area contributed by atoms with Crippen LogP contribution >= 0.6 is 11.6 Å². The minimum atomic E-state index is -0.0741. The SMILES string of the molecule is CC(C)Oc1nc(N)nc(Oc2ccccc2Cl)n1. The number of para-hydroxylation sites is 1. The van der Waals surface area contributed by atoms with E-state index in [-0.39, 0.29) is 24.1 Å². The monoisotopic (exact) mass is 280 g/mol. The van der Waals surface area contributed by atoms with Crippen LogP contribution in [0.25, 0.3) is 0 Å². The Hall–Kier alpha value is -2.08. The van der Waals surface area contributed by atoms with Gasteiger partial charge in [0.15, 0.2) is 0 Å². The van der Waals surface area contributed by atoms with Gasteiger partial charge >= 0.3 is 12.0 Å². The van der Waals surface area contributed by atoms with E-state index < -0.39 is 0 Å². The molecule has 0 spiro atoms. The van der Waals surface area contributed by atoms with Gasteiger partial charge in [-0.2, -0.15) is 9.97 Å². The standard InChI is InChI=1S/C12H13ClN4O2/c1-7(2)18-11-15-10(14)16-12(17-11)19-9-6-4-3-5-8(9)13/h3-7H,1-2H3,(H2,14,15,16,17). The molecular formula is C12H13ClN4O2. The molecule has 7 heteroatoms. The average Bonchev–Trinajstić information content (AvgIpc) is 2.30. The Morgan fingerprint density at radius 1 is 1.11 bits per heavy atom. The van der Waals surface area contributed by atoms with Crippen LogP contribution in [0.3, 0.4) is 0 Å². The van der Waals surface area contributed by atoms with Gasteiger partial charge in [0.25, 0.3) is 0 Å². The second kappa shape index (κ2) is 5.71. The summed E-state index contributed by atoms with van der Waals surface area (Å²) in [5.41, 5.74) is 5.57. The highest BCUT2D eigenvalue weighted by molar-refractivity contribution is 6.32. The Balaban J connectivity index is 2.25. The molecule has 0 bridgehead atoms. The van der Waals surface area contributed by atoms with Crippen LogP contribution in [-0.4, -0.2) is 21.1 Å². The molecule has 2 N–H and O–H groups in total. The number of hydrogen-bond donors (Lipinski definition) is 1. The van der Waals surface area contributed by atoms with Gasteiger partial charge in [-0.3, -0.25) is 0 Å². The lowest BCUT2D eigenvalue weighted by Gasteiger charge is -2.09. The molecule has 1 aromatic carbocycles. The lowest BCUT2D eigenvalue weighted by Crippen LogP contribution is -2.11. The van der Waals surface area contributed by atoms with E-state index in [1.54, 1.807) is 24.3 Å². The summed E-state index contributed by atoms with van der Waals surface area (Å²) in [5, 5.41) is 0.452. The highest BCUT2D eigenvalue weighted by Crippen LogP contribution is 2.27. The van der Waals surface area contributed by atoms with Gasteiger partial charge in [0.1, 0.15) is 5.75 Å². The maximum atomic E-state index is 5.98. The summed E-state index contributed by atoms with van der Waals surface area (Å²) in [6, 6.07) is 7.14. The van der Waals surface area contributed by atoms with E-state index in [2.05, 4.69) is 15.0 Å². The number of aromatic nitrogens is 3. The van der Waals surface area contributed by atoms with Gasteiger partial charge in [0.05, 0.1) is 11.1 Å². The molecule has 0 aliphatic carbocycles. The molecule has 2 aromatic rings. The van der Waals surface area contributed by atoms with Gasteiger partial charge in [0, 0.05) is 0 Å². The molecule has 0 aliphatic rings. The van der Waals surface area contributed by atoms with Gasteiger partial charge < -0.3 is 15.2 Å². The number of nitrogens with zero attached hydrogens (tertiary/aromatic N) is 3. The molecule has 0 radical (unpaired) electrons. The number of nitrogens with two attached hydrogens (primary N) is 1. The van der Waals surface area contributed by atoms with E-state index in [4.69, 9.17) is 26.8 Å². The summed E-state index contributed by atoms with van der Waals surface area (Å²) >= 11 is 5.98. The first-order chi connectivity index (χ1) is 9.04. The Labute approximate surface area is 115 Å². The van der Waals surface area contributed by atoms with Crippen molar-refractivity contribution in [3.8, 4) is 17.8 Å². The highest BCUT2D eigenvalue weighted by atomic mass is 35.5. The second-order valence-electron chi connectivity index (χ2n) is 3.96. The van der Waals surface area contributed by atoms with Crippen molar-refractivity contribution >= 4 is 17.5 Å². The summed E-state index contributed by atoms with van der Waals surface area (Å²) in [5.74, 6) is 0.456. The Bertz CT molecular complexity index is 577. The quantitative estimate of drug-likeness (QED) is 0.927. The first-order valence-electron chi connectivity index (χ1n) is 5.65. The molecule has 6 nitrogen and oxygen atoms in total. The summed E-state index contributed by atoms with van der Waals surface area (Å²) < 4.78 is 10.8. The molecule has 0 unspecified atom stereocenters. The summed E-state index contributed by atoms with van der Waals surface area (Å²) in [6.45, 7) is 3.71. The number of hydrogen-bond acceptors (Lipinski definition) is 6. The van der Waals surface area contributed by atoms with Crippen LogP contribution in [0.2, 0.25) is 5.02 Å². The lowest BCUT2D eigenvalue weighted by molar-refractivity contribution is 0.219. The smallest absolute Gasteiger partial charge is 0.330 e. The van der Waals surface area contributed by atoms with E-state index in [9.17, 15) is 0 Å². The van der Waals surface area contributed by atoms with E-state index in [1.807, 2.05) is 13.8 Å². The van der Waals surface area contributed by atoms with E-state index >= 15 is 0 Å².